The van der Waals surface area contributed by atoms with E-state index in [4.69, 9.17) is 10.7 Å². The summed E-state index contributed by atoms with van der Waals surface area (Å²) in [5.41, 5.74) is -2.14. The van der Waals surface area contributed by atoms with Crippen molar-refractivity contribution >= 4 is 38.9 Å². The number of hydrogen-bond acceptors (Lipinski definition) is 6. The third kappa shape index (κ3) is 7.19. The molecule has 0 spiro atoms. The van der Waals surface area contributed by atoms with Crippen LogP contribution in [-0.4, -0.2) is 26.6 Å². The molecular weight excluding hydrogens is 434 g/mol. The number of nitrogens with one attached hydrogen (secondary N) is 1. The quantitative estimate of drug-likeness (QED) is 0.543. The number of aromatic nitrogens is 1. The second kappa shape index (κ2) is 9.61. The highest BCUT2D eigenvalue weighted by atomic mass is 35.7. The second-order valence-corrected chi connectivity index (χ2v) is 8.25. The van der Waals surface area contributed by atoms with E-state index in [1.807, 2.05) is 0 Å². The van der Waals surface area contributed by atoms with Gasteiger partial charge >= 0.3 is 14.4 Å². The summed E-state index contributed by atoms with van der Waals surface area (Å²) in [7, 11) is -1.39. The largest absolute Gasteiger partial charge is 0.697 e. The van der Waals surface area contributed by atoms with Gasteiger partial charge in [-0.2, -0.15) is 13.2 Å². The number of hydrogen-bond donors (Lipinski definition) is 1. The van der Waals surface area contributed by atoms with Crippen molar-refractivity contribution in [1.82, 2.24) is 4.98 Å². The average Bonchev–Trinajstić information content (AvgIpc) is 2.53. The predicted molar refractivity (Wildman–Crippen MR) is 93.5 cm³/mol. The van der Waals surface area contributed by atoms with Gasteiger partial charge in [0.25, 0.3) is 9.05 Å². The zero-order valence-corrected chi connectivity index (χ0v) is 16.5. The van der Waals surface area contributed by atoms with Crippen LogP contribution in [0, 0.1) is 0 Å². The second-order valence-electron chi connectivity index (χ2n) is 4.75. The molecule has 27 heavy (non-hydrogen) atoms. The van der Waals surface area contributed by atoms with Gasteiger partial charge in [-0.05, 0) is 37.4 Å². The van der Waals surface area contributed by atoms with E-state index in [0.29, 0.717) is 19.3 Å². The first kappa shape index (κ1) is 23.5. The molecule has 1 aromatic heterocycles. The molecule has 1 aromatic carbocycles. The first-order valence-electron chi connectivity index (χ1n) is 7.32. The van der Waals surface area contributed by atoms with Crippen molar-refractivity contribution < 1.29 is 35.2 Å². The molecule has 2 rings (SSSR count). The average molecular weight is 449 g/mol. The molecule has 0 fully saturated rings. The molecule has 7 nitrogen and oxygen atoms in total. The molecule has 0 amide bonds. The monoisotopic (exact) mass is 448 g/mol. The van der Waals surface area contributed by atoms with Crippen LogP contribution in [0.1, 0.15) is 19.4 Å². The Balaban J connectivity index is 0.000000387. The summed E-state index contributed by atoms with van der Waals surface area (Å²) in [5, 5.41) is 0.131. The summed E-state index contributed by atoms with van der Waals surface area (Å²) < 4.78 is 80.3. The zero-order chi connectivity index (χ0) is 20.8. The molecule has 0 saturated carbocycles. The molecular formula is C14H15ClF3NO6PS+. The zero-order valence-electron chi connectivity index (χ0n) is 14.0. The number of alkyl halides is 3. The standard InChI is InChI=1S/C10H5ClF3NO3S.C4H10O3P/c11-19(17,18)8-3-5-1-2-9(16)15-7(5)4-6(8)10(12,13)14;1-3-6-8(5)7-4-2/h1-4H,(H,15,16);3-4H2,1-2H3/q;+1. The third-order valence-corrected chi connectivity index (χ3v) is 5.16. The van der Waals surface area contributed by atoms with Gasteiger partial charge in [0.05, 0.1) is 10.5 Å². The Morgan fingerprint density at radius 3 is 2.15 bits per heavy atom. The summed E-state index contributed by atoms with van der Waals surface area (Å²) in [4.78, 5) is 12.2. The summed E-state index contributed by atoms with van der Waals surface area (Å²) in [6.07, 6.45) is -4.90. The van der Waals surface area contributed by atoms with Crippen molar-refractivity contribution in [3.05, 3.63) is 40.2 Å². The highest BCUT2D eigenvalue weighted by molar-refractivity contribution is 8.13. The normalized spacial score (nSPS) is 11.8. The van der Waals surface area contributed by atoms with Crippen LogP contribution in [-0.2, 0) is 28.8 Å². The molecule has 1 N–H and O–H groups in total. The number of rotatable bonds is 5. The van der Waals surface area contributed by atoms with Crippen LogP contribution in [0.3, 0.4) is 0 Å². The van der Waals surface area contributed by atoms with Crippen LogP contribution in [0.4, 0.5) is 13.2 Å². The van der Waals surface area contributed by atoms with Gasteiger partial charge in [-0.25, -0.2) is 8.42 Å². The van der Waals surface area contributed by atoms with Crippen molar-refractivity contribution in [1.29, 1.82) is 0 Å². The van der Waals surface area contributed by atoms with Crippen molar-refractivity contribution in [2.75, 3.05) is 13.2 Å². The number of H-pyrrole nitrogens is 1. The summed E-state index contributed by atoms with van der Waals surface area (Å²) in [6, 6.07) is 3.60. The van der Waals surface area contributed by atoms with Crippen molar-refractivity contribution in [2.24, 2.45) is 0 Å². The van der Waals surface area contributed by atoms with Crippen molar-refractivity contribution in [3.8, 4) is 0 Å². The van der Waals surface area contributed by atoms with Crippen molar-refractivity contribution in [2.45, 2.75) is 24.9 Å². The number of fused-ring (bicyclic) bond motifs is 1. The van der Waals surface area contributed by atoms with Gasteiger partial charge in [-0.1, -0.05) is 0 Å². The maximum Gasteiger partial charge on any atom is 0.697 e. The van der Waals surface area contributed by atoms with Crippen LogP contribution in [0.25, 0.3) is 10.9 Å². The Morgan fingerprint density at radius 2 is 1.70 bits per heavy atom. The van der Waals surface area contributed by atoms with E-state index in [1.165, 1.54) is 6.07 Å². The molecule has 0 bridgehead atoms. The van der Waals surface area contributed by atoms with Gasteiger partial charge in [-0.3, -0.25) is 4.79 Å². The van der Waals surface area contributed by atoms with E-state index in [2.05, 4.69) is 14.0 Å². The Bertz CT molecular complexity index is 969. The number of pyridine rings is 1. The van der Waals surface area contributed by atoms with Crippen LogP contribution < -0.4 is 5.56 Å². The Morgan fingerprint density at radius 1 is 1.15 bits per heavy atom. The first-order chi connectivity index (χ1) is 12.4. The highest BCUT2D eigenvalue weighted by Crippen LogP contribution is 2.37. The molecule has 2 aromatic rings. The molecule has 1 heterocycles. The van der Waals surface area contributed by atoms with Crippen LogP contribution in [0.15, 0.2) is 34.0 Å². The maximum atomic E-state index is 12.8. The van der Waals surface area contributed by atoms with E-state index in [0.717, 1.165) is 12.1 Å². The molecule has 13 heteroatoms. The molecule has 0 unspecified atom stereocenters. The summed E-state index contributed by atoms with van der Waals surface area (Å²) in [5.74, 6) is 0. The van der Waals surface area contributed by atoms with Crippen LogP contribution in [0.2, 0.25) is 0 Å². The third-order valence-electron chi connectivity index (χ3n) is 2.86. The number of aromatic amines is 1. The van der Waals surface area contributed by atoms with Crippen LogP contribution in [0.5, 0.6) is 0 Å². The molecule has 0 atom stereocenters. The Hall–Kier alpha value is -1.52. The topological polar surface area (TPSA) is 103 Å². The number of benzene rings is 1. The van der Waals surface area contributed by atoms with E-state index in [1.54, 1.807) is 13.8 Å². The lowest BCUT2D eigenvalue weighted by atomic mass is 10.1. The maximum absolute atomic E-state index is 12.8. The lowest BCUT2D eigenvalue weighted by Crippen LogP contribution is -2.12. The van der Waals surface area contributed by atoms with Gasteiger partial charge in [0, 0.05) is 26.8 Å². The molecule has 0 aliphatic heterocycles. The summed E-state index contributed by atoms with van der Waals surface area (Å²) in [6.45, 7) is 4.42. The van der Waals surface area contributed by atoms with E-state index < -0.39 is 39.5 Å². The summed E-state index contributed by atoms with van der Waals surface area (Å²) >= 11 is 0. The van der Waals surface area contributed by atoms with E-state index in [-0.39, 0.29) is 10.9 Å². The molecule has 150 valence electrons. The SMILES string of the molecule is CCO[P+](=O)OCC.O=c1ccc2cc(S(=O)(=O)Cl)c(C(F)(F)F)cc2[nH]1. The lowest BCUT2D eigenvalue weighted by molar-refractivity contribution is -0.139. The van der Waals surface area contributed by atoms with Gasteiger partial charge in [0.2, 0.25) is 5.56 Å². The van der Waals surface area contributed by atoms with E-state index >= 15 is 0 Å². The lowest BCUT2D eigenvalue weighted by Gasteiger charge is -2.12. The first-order valence-corrected chi connectivity index (χ1v) is 10.7. The minimum absolute atomic E-state index is 0.121. The highest BCUT2D eigenvalue weighted by Gasteiger charge is 2.37. The smallest absolute Gasteiger partial charge is 0.322 e. The predicted octanol–water partition coefficient (Wildman–Crippen LogP) is 4.19. The Labute approximate surface area is 157 Å². The van der Waals surface area contributed by atoms with E-state index in [9.17, 15) is 30.9 Å². The van der Waals surface area contributed by atoms with Crippen molar-refractivity contribution in [3.63, 3.8) is 0 Å². The fraction of sp³-hybridized carbons (Fsp3) is 0.357. The van der Waals surface area contributed by atoms with Gasteiger partial charge in [-0.15, -0.1) is 9.05 Å². The van der Waals surface area contributed by atoms with Gasteiger partial charge in [0.1, 0.15) is 13.2 Å². The molecule has 0 radical (unpaired) electrons. The fourth-order valence-corrected chi connectivity index (χ4v) is 3.44. The minimum atomic E-state index is -4.90. The molecule has 0 saturated heterocycles. The fourth-order valence-electron chi connectivity index (χ4n) is 1.85. The van der Waals surface area contributed by atoms with Gasteiger partial charge < -0.3 is 4.98 Å². The Kier molecular flexibility index (Phi) is 8.37. The van der Waals surface area contributed by atoms with Crippen LogP contribution >= 0.6 is 18.9 Å². The minimum Gasteiger partial charge on any atom is -0.322 e. The van der Waals surface area contributed by atoms with Gasteiger partial charge in [0.15, 0.2) is 0 Å². The number of halogens is 4. The molecule has 0 aliphatic rings. The molecule has 0 aliphatic carbocycles.